The molecule has 1 heterocycles. The Hall–Kier alpha value is -2.58. The molecule has 0 radical (unpaired) electrons. The molecule has 0 bridgehead atoms. The molecule has 0 aromatic heterocycles. The van der Waals surface area contributed by atoms with Gasteiger partial charge in [-0.1, -0.05) is 37.5 Å². The standard InChI is InChI=1S/C27H35N2O8PS/c1-5-10-22(26(33)36-18(3)4)28-38(39,37-21-11-8-7-9-12-21)35-17-19-15-23(27(34,6-2)25(19)32)29-14-13-20(30)16-24(29)31/h2,7-9,11-14,18-19,22-23,25,32,34H,5,10,15-17H2,1,3-4H3,(H,28,39)/t19-,22+,23-,25-,27+,38?/m1/s1. The van der Waals surface area contributed by atoms with Crippen LogP contribution in [0.1, 0.15) is 46.5 Å². The molecule has 1 aliphatic carbocycles. The van der Waals surface area contributed by atoms with Crippen molar-refractivity contribution in [2.24, 2.45) is 5.92 Å². The Morgan fingerprint density at radius 1 is 1.33 bits per heavy atom. The maximum atomic E-state index is 12.8. The highest BCUT2D eigenvalue weighted by atomic mass is 32.5. The van der Waals surface area contributed by atoms with Crippen LogP contribution < -0.4 is 9.61 Å². The second-order valence-corrected chi connectivity index (χ2v) is 13.0. The summed E-state index contributed by atoms with van der Waals surface area (Å²) in [5.74, 6) is 0.523. The smallest absolute Gasteiger partial charge is 0.323 e. The minimum absolute atomic E-state index is 0.0700. The van der Waals surface area contributed by atoms with Crippen molar-refractivity contribution in [2.75, 3.05) is 6.61 Å². The molecule has 1 amide bonds. The number of ketones is 1. The van der Waals surface area contributed by atoms with Crippen molar-refractivity contribution >= 4 is 36.1 Å². The van der Waals surface area contributed by atoms with Crippen LogP contribution in [-0.2, 0) is 35.5 Å². The van der Waals surface area contributed by atoms with E-state index in [0.29, 0.717) is 18.6 Å². The molecule has 12 heteroatoms. The molecule has 1 aromatic carbocycles. The number of benzene rings is 1. The Kier molecular flexibility index (Phi) is 10.5. The first-order chi connectivity index (χ1) is 18.4. The van der Waals surface area contributed by atoms with Gasteiger partial charge in [0.1, 0.15) is 17.9 Å². The van der Waals surface area contributed by atoms with E-state index in [4.69, 9.17) is 32.0 Å². The predicted molar refractivity (Wildman–Crippen MR) is 148 cm³/mol. The summed E-state index contributed by atoms with van der Waals surface area (Å²) >= 11 is 5.80. The fourth-order valence-electron chi connectivity index (χ4n) is 4.57. The number of carbonyl (C=O) groups excluding carboxylic acids is 3. The molecular formula is C27H35N2O8PS. The molecule has 6 atom stereocenters. The van der Waals surface area contributed by atoms with Crippen molar-refractivity contribution in [2.45, 2.75) is 76.3 Å². The molecule has 3 N–H and O–H groups in total. The third-order valence-corrected chi connectivity index (χ3v) is 8.91. The zero-order valence-corrected chi connectivity index (χ0v) is 23.9. The summed E-state index contributed by atoms with van der Waals surface area (Å²) in [5.41, 5.74) is -2.09. The Morgan fingerprint density at radius 3 is 2.62 bits per heavy atom. The van der Waals surface area contributed by atoms with Crippen LogP contribution in [0.25, 0.3) is 0 Å². The molecule has 1 saturated carbocycles. The highest BCUT2D eigenvalue weighted by Gasteiger charge is 2.56. The van der Waals surface area contributed by atoms with E-state index in [1.807, 2.05) is 13.0 Å². The number of aliphatic hydroxyl groups is 2. The number of esters is 1. The molecule has 1 aliphatic heterocycles. The van der Waals surface area contributed by atoms with Crippen molar-refractivity contribution < 1.29 is 38.4 Å². The lowest BCUT2D eigenvalue weighted by Gasteiger charge is -2.35. The number of carbonyl (C=O) groups is 3. The van der Waals surface area contributed by atoms with Gasteiger partial charge in [0.25, 0.3) is 0 Å². The van der Waals surface area contributed by atoms with E-state index in [9.17, 15) is 24.6 Å². The molecule has 0 saturated heterocycles. The minimum atomic E-state index is -3.43. The van der Waals surface area contributed by atoms with Gasteiger partial charge in [0.05, 0.1) is 25.2 Å². The summed E-state index contributed by atoms with van der Waals surface area (Å²) in [7, 11) is 0. The van der Waals surface area contributed by atoms with Gasteiger partial charge < -0.3 is 28.9 Å². The number of nitrogens with one attached hydrogen (secondary N) is 1. The van der Waals surface area contributed by atoms with Gasteiger partial charge in [0, 0.05) is 12.1 Å². The maximum absolute atomic E-state index is 12.8. The van der Waals surface area contributed by atoms with Crippen molar-refractivity contribution in [3.8, 4) is 18.1 Å². The number of para-hydroxylation sites is 1. The number of amides is 1. The number of hydrogen-bond donors (Lipinski definition) is 3. The van der Waals surface area contributed by atoms with E-state index in [0.717, 1.165) is 0 Å². The first kappa shape index (κ1) is 31.0. The van der Waals surface area contributed by atoms with E-state index in [1.165, 1.54) is 17.2 Å². The predicted octanol–water partition coefficient (Wildman–Crippen LogP) is 2.45. The number of allylic oxidation sites excluding steroid dienone is 1. The van der Waals surface area contributed by atoms with Crippen molar-refractivity contribution in [3.63, 3.8) is 0 Å². The van der Waals surface area contributed by atoms with Crippen LogP contribution in [0, 0.1) is 18.3 Å². The molecule has 10 nitrogen and oxygen atoms in total. The number of aliphatic hydroxyl groups excluding tert-OH is 1. The average Bonchev–Trinajstić information content (AvgIpc) is 3.13. The van der Waals surface area contributed by atoms with Gasteiger partial charge in [-0.2, -0.15) is 0 Å². The van der Waals surface area contributed by atoms with Gasteiger partial charge in [-0.15, -0.1) is 6.42 Å². The van der Waals surface area contributed by atoms with Crippen molar-refractivity contribution in [3.05, 3.63) is 42.6 Å². The summed E-state index contributed by atoms with van der Waals surface area (Å²) in [6, 6.07) is 6.93. The van der Waals surface area contributed by atoms with Crippen molar-refractivity contribution in [1.29, 1.82) is 0 Å². The number of ether oxygens (including phenoxy) is 1. The number of hydrogen-bond acceptors (Lipinski definition) is 9. The third kappa shape index (κ3) is 7.54. The van der Waals surface area contributed by atoms with Gasteiger partial charge in [-0.25, -0.2) is 5.09 Å². The molecule has 39 heavy (non-hydrogen) atoms. The first-order valence-corrected chi connectivity index (χ1v) is 15.4. The van der Waals surface area contributed by atoms with E-state index in [1.54, 1.807) is 38.1 Å². The van der Waals surface area contributed by atoms with Crippen LogP contribution in [-0.4, -0.2) is 69.3 Å². The minimum Gasteiger partial charge on any atom is -0.462 e. The highest BCUT2D eigenvalue weighted by molar-refractivity contribution is 8.09. The fourth-order valence-corrected chi connectivity index (χ4v) is 6.98. The van der Waals surface area contributed by atoms with Gasteiger partial charge in [-0.3, -0.25) is 14.4 Å². The quantitative estimate of drug-likeness (QED) is 0.147. The SMILES string of the molecule is C#C[C@@]1(O)[C@H](O)[C@@H](COP(=S)(N[C@@H](CCC)C(=O)OC(C)C)Oc2ccccc2)C[C@H]1N1C=CC(=O)CC1=O. The summed E-state index contributed by atoms with van der Waals surface area (Å²) < 4.78 is 17.6. The second-order valence-electron chi connectivity index (χ2n) is 9.84. The summed E-state index contributed by atoms with van der Waals surface area (Å²) in [5, 5.41) is 25.3. The molecule has 2 aliphatic rings. The number of terminal acetylenes is 1. The maximum Gasteiger partial charge on any atom is 0.323 e. The van der Waals surface area contributed by atoms with Gasteiger partial charge >= 0.3 is 12.6 Å². The molecule has 1 aromatic rings. The largest absolute Gasteiger partial charge is 0.462 e. The Labute approximate surface area is 233 Å². The lowest BCUT2D eigenvalue weighted by molar-refractivity contribution is -0.149. The fraction of sp³-hybridized carbons (Fsp3) is 0.519. The molecule has 212 valence electrons. The lowest BCUT2D eigenvalue weighted by Crippen LogP contribution is -2.54. The Bertz CT molecular complexity index is 1170. The molecular weight excluding hydrogens is 543 g/mol. The lowest BCUT2D eigenvalue weighted by atomic mass is 9.93. The Balaban J connectivity index is 1.84. The van der Waals surface area contributed by atoms with Gasteiger partial charge in [0.2, 0.25) is 5.91 Å². The van der Waals surface area contributed by atoms with E-state index < -0.39 is 48.2 Å². The van der Waals surface area contributed by atoms with Gasteiger partial charge in [0.15, 0.2) is 11.4 Å². The number of rotatable bonds is 12. The summed E-state index contributed by atoms with van der Waals surface area (Å²) in [4.78, 5) is 38.1. The second kappa shape index (κ2) is 13.2. The molecule has 3 rings (SSSR count). The van der Waals surface area contributed by atoms with Gasteiger partial charge in [-0.05, 0) is 56.7 Å². The van der Waals surface area contributed by atoms with E-state index in [2.05, 4.69) is 11.0 Å². The summed E-state index contributed by atoms with van der Waals surface area (Å²) in [6.45, 7) is 1.79. The summed E-state index contributed by atoms with van der Waals surface area (Å²) in [6.07, 6.45) is 7.11. The third-order valence-electron chi connectivity index (χ3n) is 6.49. The molecule has 0 spiro atoms. The van der Waals surface area contributed by atoms with Crippen LogP contribution >= 0.6 is 6.64 Å². The normalized spacial score (nSPS) is 27.2. The topological polar surface area (TPSA) is 135 Å². The van der Waals surface area contributed by atoms with Crippen LogP contribution in [0.15, 0.2) is 42.6 Å². The molecule has 1 unspecified atom stereocenters. The highest BCUT2D eigenvalue weighted by Crippen LogP contribution is 2.48. The average molecular weight is 579 g/mol. The van der Waals surface area contributed by atoms with Crippen LogP contribution in [0.3, 0.4) is 0 Å². The van der Waals surface area contributed by atoms with Crippen LogP contribution in [0.4, 0.5) is 0 Å². The molecule has 1 fully saturated rings. The first-order valence-electron chi connectivity index (χ1n) is 12.8. The van der Waals surface area contributed by atoms with Crippen molar-refractivity contribution in [1.82, 2.24) is 9.99 Å². The zero-order chi connectivity index (χ0) is 28.8. The monoisotopic (exact) mass is 578 g/mol. The van der Waals surface area contributed by atoms with E-state index >= 15 is 0 Å². The van der Waals surface area contributed by atoms with Crippen LogP contribution in [0.5, 0.6) is 5.75 Å². The van der Waals surface area contributed by atoms with Crippen LogP contribution in [0.2, 0.25) is 0 Å². The zero-order valence-electron chi connectivity index (χ0n) is 22.2. The number of nitrogens with zero attached hydrogens (tertiary/aromatic N) is 1. The van der Waals surface area contributed by atoms with E-state index in [-0.39, 0.29) is 31.3 Å². The Morgan fingerprint density at radius 2 is 2.03 bits per heavy atom.